The highest BCUT2D eigenvalue weighted by atomic mass is 32.1. The number of rotatable bonds is 5. The zero-order valence-electron chi connectivity index (χ0n) is 14.5. The van der Waals surface area contributed by atoms with Gasteiger partial charge in [0.1, 0.15) is 0 Å². The average molecular weight is 363 g/mol. The van der Waals surface area contributed by atoms with Gasteiger partial charge in [0.05, 0.1) is 6.04 Å². The van der Waals surface area contributed by atoms with Gasteiger partial charge in [-0.2, -0.15) is 11.3 Å². The normalized spacial score (nSPS) is 16.1. The van der Waals surface area contributed by atoms with Gasteiger partial charge in [-0.3, -0.25) is 4.79 Å². The van der Waals surface area contributed by atoms with Gasteiger partial charge in [0.2, 0.25) is 5.91 Å². The van der Waals surface area contributed by atoms with Gasteiger partial charge < -0.3 is 5.32 Å². The Morgan fingerprint density at radius 1 is 1.23 bits per heavy atom. The number of fused-ring (bicyclic) bond motifs is 1. The second-order valence-corrected chi connectivity index (χ2v) is 7.39. The standard InChI is InChI=1S/C21H21N3OS/c25-20(10-9-15-11-12-26-14-15)23-18-7-4-8-19-17(18)13-22-21(24-19)16-5-2-1-3-6-16/h1-3,5-6,11-14,18H,4,7-10H2,(H,23,25). The van der Waals surface area contributed by atoms with Crippen LogP contribution in [-0.4, -0.2) is 15.9 Å². The summed E-state index contributed by atoms with van der Waals surface area (Å²) in [4.78, 5) is 21.7. The van der Waals surface area contributed by atoms with E-state index in [0.29, 0.717) is 6.42 Å². The van der Waals surface area contributed by atoms with Crippen molar-refractivity contribution < 1.29 is 4.79 Å². The van der Waals surface area contributed by atoms with E-state index < -0.39 is 0 Å². The van der Waals surface area contributed by atoms with Gasteiger partial charge in [-0.25, -0.2) is 9.97 Å². The molecule has 1 aliphatic rings. The summed E-state index contributed by atoms with van der Waals surface area (Å²) in [5, 5.41) is 7.33. The number of carbonyl (C=O) groups excluding carboxylic acids is 1. The first-order valence-corrected chi connectivity index (χ1v) is 9.95. The molecule has 4 rings (SSSR count). The number of hydrogen-bond acceptors (Lipinski definition) is 4. The number of nitrogens with zero attached hydrogens (tertiary/aromatic N) is 2. The van der Waals surface area contributed by atoms with Crippen molar-refractivity contribution in [1.29, 1.82) is 0 Å². The molecule has 1 unspecified atom stereocenters. The van der Waals surface area contributed by atoms with Crippen molar-refractivity contribution in [1.82, 2.24) is 15.3 Å². The highest BCUT2D eigenvalue weighted by Crippen LogP contribution is 2.29. The third-order valence-corrected chi connectivity index (χ3v) is 5.50. The lowest BCUT2D eigenvalue weighted by atomic mass is 9.92. The lowest BCUT2D eigenvalue weighted by molar-refractivity contribution is -0.121. The monoisotopic (exact) mass is 363 g/mol. The topological polar surface area (TPSA) is 54.9 Å². The molecule has 1 atom stereocenters. The van der Waals surface area contributed by atoms with E-state index >= 15 is 0 Å². The third kappa shape index (κ3) is 3.83. The molecule has 0 saturated heterocycles. The van der Waals surface area contributed by atoms with Crippen molar-refractivity contribution in [3.8, 4) is 11.4 Å². The van der Waals surface area contributed by atoms with Crippen molar-refractivity contribution in [2.75, 3.05) is 0 Å². The maximum absolute atomic E-state index is 12.4. The first kappa shape index (κ1) is 16.9. The van der Waals surface area contributed by atoms with E-state index in [1.54, 1.807) is 11.3 Å². The molecule has 0 bridgehead atoms. The summed E-state index contributed by atoms with van der Waals surface area (Å²) in [7, 11) is 0. The van der Waals surface area contributed by atoms with Crippen LogP contribution >= 0.6 is 11.3 Å². The molecule has 132 valence electrons. The van der Waals surface area contributed by atoms with E-state index in [0.717, 1.165) is 48.3 Å². The predicted octanol–water partition coefficient (Wildman–Crippen LogP) is 4.33. The summed E-state index contributed by atoms with van der Waals surface area (Å²) in [6.45, 7) is 0. The molecule has 0 aliphatic heterocycles. The van der Waals surface area contributed by atoms with Crippen molar-refractivity contribution >= 4 is 17.2 Å². The van der Waals surface area contributed by atoms with E-state index in [4.69, 9.17) is 4.98 Å². The van der Waals surface area contributed by atoms with Crippen LogP contribution in [0.1, 0.15) is 42.1 Å². The number of aryl methyl sites for hydroxylation is 2. The summed E-state index contributed by atoms with van der Waals surface area (Å²) in [6.07, 6.45) is 6.13. The smallest absolute Gasteiger partial charge is 0.220 e. The molecule has 4 nitrogen and oxygen atoms in total. The van der Waals surface area contributed by atoms with Gasteiger partial charge in [0.15, 0.2) is 5.82 Å². The maximum atomic E-state index is 12.4. The lowest BCUT2D eigenvalue weighted by Crippen LogP contribution is -2.31. The molecule has 1 amide bonds. The van der Waals surface area contributed by atoms with Gasteiger partial charge in [-0.15, -0.1) is 0 Å². The number of aromatic nitrogens is 2. The molecular weight excluding hydrogens is 342 g/mol. The molecule has 2 heterocycles. The molecule has 1 aliphatic carbocycles. The lowest BCUT2D eigenvalue weighted by Gasteiger charge is -2.25. The zero-order valence-corrected chi connectivity index (χ0v) is 15.3. The van der Waals surface area contributed by atoms with Crippen molar-refractivity contribution in [2.45, 2.75) is 38.1 Å². The van der Waals surface area contributed by atoms with Crippen molar-refractivity contribution in [3.63, 3.8) is 0 Å². The van der Waals surface area contributed by atoms with E-state index in [1.807, 2.05) is 41.9 Å². The fraction of sp³-hybridized carbons (Fsp3) is 0.286. The first-order chi connectivity index (χ1) is 12.8. The second kappa shape index (κ2) is 7.79. The summed E-state index contributed by atoms with van der Waals surface area (Å²) in [5.41, 5.74) is 4.38. The zero-order chi connectivity index (χ0) is 17.8. The van der Waals surface area contributed by atoms with Crippen LogP contribution in [0.2, 0.25) is 0 Å². The van der Waals surface area contributed by atoms with Crippen LogP contribution in [0.4, 0.5) is 0 Å². The largest absolute Gasteiger partial charge is 0.349 e. The number of carbonyl (C=O) groups is 1. The molecule has 1 aromatic carbocycles. The fourth-order valence-electron chi connectivity index (χ4n) is 3.38. The minimum absolute atomic E-state index is 0.0264. The summed E-state index contributed by atoms with van der Waals surface area (Å²) < 4.78 is 0. The molecule has 0 fully saturated rings. The van der Waals surface area contributed by atoms with Crippen LogP contribution in [0.3, 0.4) is 0 Å². The molecule has 1 N–H and O–H groups in total. The Morgan fingerprint density at radius 3 is 2.92 bits per heavy atom. The Bertz CT molecular complexity index is 878. The molecule has 0 saturated carbocycles. The van der Waals surface area contributed by atoms with Gasteiger partial charge in [-0.05, 0) is 48.1 Å². The highest BCUT2D eigenvalue weighted by Gasteiger charge is 2.23. The van der Waals surface area contributed by atoms with Crippen LogP contribution in [0, 0.1) is 0 Å². The number of benzene rings is 1. The summed E-state index contributed by atoms with van der Waals surface area (Å²) >= 11 is 1.67. The minimum atomic E-state index is 0.0264. The Hall–Kier alpha value is -2.53. The van der Waals surface area contributed by atoms with E-state index in [9.17, 15) is 4.79 Å². The molecule has 26 heavy (non-hydrogen) atoms. The highest BCUT2D eigenvalue weighted by molar-refractivity contribution is 7.07. The van der Waals surface area contributed by atoms with Crippen molar-refractivity contribution in [3.05, 3.63) is 70.2 Å². The molecular formula is C21H21N3OS. The SMILES string of the molecule is O=C(CCc1ccsc1)NC1CCCc2nc(-c3ccccc3)ncc21. The Labute approximate surface area is 157 Å². The quantitative estimate of drug-likeness (QED) is 0.734. The number of hydrogen-bond donors (Lipinski definition) is 1. The molecule has 2 aromatic heterocycles. The Balaban J connectivity index is 1.46. The van der Waals surface area contributed by atoms with Gasteiger partial charge in [0, 0.05) is 29.4 Å². The summed E-state index contributed by atoms with van der Waals surface area (Å²) in [6, 6.07) is 12.1. The van der Waals surface area contributed by atoms with Crippen LogP contribution in [0.5, 0.6) is 0 Å². The van der Waals surface area contributed by atoms with Crippen LogP contribution in [-0.2, 0) is 17.6 Å². The maximum Gasteiger partial charge on any atom is 0.220 e. The van der Waals surface area contributed by atoms with E-state index in [1.165, 1.54) is 5.56 Å². The number of amides is 1. The Kier molecular flexibility index (Phi) is 5.07. The van der Waals surface area contributed by atoms with Crippen LogP contribution in [0.25, 0.3) is 11.4 Å². The van der Waals surface area contributed by atoms with Crippen LogP contribution < -0.4 is 5.32 Å². The van der Waals surface area contributed by atoms with Gasteiger partial charge >= 0.3 is 0 Å². The molecule has 0 spiro atoms. The molecule has 5 heteroatoms. The van der Waals surface area contributed by atoms with Gasteiger partial charge in [0.25, 0.3) is 0 Å². The van der Waals surface area contributed by atoms with Gasteiger partial charge in [-0.1, -0.05) is 30.3 Å². The first-order valence-electron chi connectivity index (χ1n) is 9.01. The van der Waals surface area contributed by atoms with Crippen LogP contribution in [0.15, 0.2) is 53.4 Å². The fourth-order valence-corrected chi connectivity index (χ4v) is 4.09. The second-order valence-electron chi connectivity index (χ2n) is 6.61. The number of thiophene rings is 1. The molecule has 3 aromatic rings. The predicted molar refractivity (Wildman–Crippen MR) is 104 cm³/mol. The Morgan fingerprint density at radius 2 is 2.12 bits per heavy atom. The molecule has 0 radical (unpaired) electrons. The summed E-state index contributed by atoms with van der Waals surface area (Å²) in [5.74, 6) is 0.856. The average Bonchev–Trinajstić information content (AvgIpc) is 3.21. The van der Waals surface area contributed by atoms with E-state index in [-0.39, 0.29) is 11.9 Å². The number of nitrogens with one attached hydrogen (secondary N) is 1. The minimum Gasteiger partial charge on any atom is -0.349 e. The van der Waals surface area contributed by atoms with E-state index in [2.05, 4.69) is 21.7 Å². The third-order valence-electron chi connectivity index (χ3n) is 4.77. The van der Waals surface area contributed by atoms with Crippen molar-refractivity contribution in [2.24, 2.45) is 0 Å².